The number of halogens is 1. The predicted octanol–water partition coefficient (Wildman–Crippen LogP) is 2.39. The van der Waals surface area contributed by atoms with Crippen LogP contribution in [0.1, 0.15) is 36.0 Å². The van der Waals surface area contributed by atoms with Gasteiger partial charge in [0.15, 0.2) is 0 Å². The zero-order valence-electron chi connectivity index (χ0n) is 10.2. The third-order valence-corrected chi connectivity index (χ3v) is 3.94. The molecule has 2 aliphatic carbocycles. The number of carbonyl (C=O) groups is 1. The molecule has 1 N–H and O–H groups in total. The van der Waals surface area contributed by atoms with Crippen LogP contribution in [-0.4, -0.2) is 17.4 Å². The van der Waals surface area contributed by atoms with Crippen molar-refractivity contribution >= 4 is 5.91 Å². The number of nitrogens with zero attached hydrogens (tertiary/aromatic N) is 1. The molecule has 3 nitrogen and oxygen atoms in total. The van der Waals surface area contributed by atoms with Crippen molar-refractivity contribution in [3.8, 4) is 0 Å². The lowest BCUT2D eigenvalue weighted by Gasteiger charge is -2.16. The zero-order valence-corrected chi connectivity index (χ0v) is 10.2. The van der Waals surface area contributed by atoms with Crippen LogP contribution in [0.15, 0.2) is 18.3 Å². The van der Waals surface area contributed by atoms with E-state index in [-0.39, 0.29) is 5.91 Å². The number of hydrogen-bond acceptors (Lipinski definition) is 2. The third-order valence-electron chi connectivity index (χ3n) is 3.94. The zero-order chi connectivity index (χ0) is 12.5. The number of pyridine rings is 1. The number of nitrogens with one attached hydrogen (secondary N) is 1. The van der Waals surface area contributed by atoms with Gasteiger partial charge in [0.05, 0.1) is 0 Å². The van der Waals surface area contributed by atoms with Gasteiger partial charge in [0, 0.05) is 24.4 Å². The second-order valence-electron chi connectivity index (χ2n) is 5.42. The lowest BCUT2D eigenvalue weighted by atomic mass is 9.98. The van der Waals surface area contributed by atoms with E-state index < -0.39 is 5.95 Å². The molecule has 0 radical (unpaired) electrons. The second kappa shape index (κ2) is 4.67. The van der Waals surface area contributed by atoms with Crippen LogP contribution < -0.4 is 5.32 Å². The highest BCUT2D eigenvalue weighted by molar-refractivity contribution is 5.93. The fourth-order valence-corrected chi connectivity index (χ4v) is 2.62. The van der Waals surface area contributed by atoms with Crippen LogP contribution in [0, 0.1) is 23.7 Å². The van der Waals surface area contributed by atoms with Crippen molar-refractivity contribution in [2.24, 2.45) is 17.8 Å². The summed E-state index contributed by atoms with van der Waals surface area (Å²) in [6.45, 7) is 0.734. The Balaban J connectivity index is 1.57. The molecule has 96 valence electrons. The quantitative estimate of drug-likeness (QED) is 0.813. The summed E-state index contributed by atoms with van der Waals surface area (Å²) in [4.78, 5) is 15.3. The van der Waals surface area contributed by atoms with Crippen LogP contribution in [0.2, 0.25) is 0 Å². The van der Waals surface area contributed by atoms with Gasteiger partial charge >= 0.3 is 0 Å². The first-order chi connectivity index (χ1) is 8.74. The Labute approximate surface area is 106 Å². The Morgan fingerprint density at radius 1 is 1.39 bits per heavy atom. The Hall–Kier alpha value is -1.45. The molecule has 0 saturated heterocycles. The highest BCUT2D eigenvalue weighted by atomic mass is 19.1. The molecule has 0 spiro atoms. The second-order valence-corrected chi connectivity index (χ2v) is 5.42. The van der Waals surface area contributed by atoms with E-state index in [4.69, 9.17) is 0 Å². The lowest BCUT2D eigenvalue weighted by molar-refractivity contribution is 0.0942. The summed E-state index contributed by atoms with van der Waals surface area (Å²) in [5, 5.41) is 2.94. The topological polar surface area (TPSA) is 42.0 Å². The molecular formula is C14H17FN2O. The number of hydrogen-bond donors (Lipinski definition) is 1. The van der Waals surface area contributed by atoms with Gasteiger partial charge < -0.3 is 5.32 Å². The molecule has 0 aromatic carbocycles. The summed E-state index contributed by atoms with van der Waals surface area (Å²) in [6, 6.07) is 2.72. The first-order valence-electron chi connectivity index (χ1n) is 6.64. The minimum absolute atomic E-state index is 0.192. The fourth-order valence-electron chi connectivity index (χ4n) is 2.62. The van der Waals surface area contributed by atoms with Crippen LogP contribution >= 0.6 is 0 Å². The van der Waals surface area contributed by atoms with Gasteiger partial charge in [-0.3, -0.25) is 4.79 Å². The Bertz CT molecular complexity index is 443. The van der Waals surface area contributed by atoms with Crippen molar-refractivity contribution < 1.29 is 9.18 Å². The van der Waals surface area contributed by atoms with Gasteiger partial charge in [0.1, 0.15) is 0 Å². The minimum Gasteiger partial charge on any atom is -0.352 e. The summed E-state index contributed by atoms with van der Waals surface area (Å²) < 4.78 is 12.9. The maximum absolute atomic E-state index is 12.9. The largest absolute Gasteiger partial charge is 0.352 e. The van der Waals surface area contributed by atoms with Crippen LogP contribution in [0.25, 0.3) is 0 Å². The van der Waals surface area contributed by atoms with E-state index in [9.17, 15) is 9.18 Å². The Kier molecular flexibility index (Phi) is 3.02. The molecule has 0 atom stereocenters. The first kappa shape index (κ1) is 11.6. The van der Waals surface area contributed by atoms with Crippen molar-refractivity contribution in [1.82, 2.24) is 10.3 Å². The Morgan fingerprint density at radius 3 is 2.61 bits per heavy atom. The van der Waals surface area contributed by atoms with Gasteiger partial charge in [0.25, 0.3) is 5.91 Å². The fraction of sp³-hybridized carbons (Fsp3) is 0.571. The van der Waals surface area contributed by atoms with Gasteiger partial charge in [-0.25, -0.2) is 4.98 Å². The van der Waals surface area contributed by atoms with Gasteiger partial charge in [0.2, 0.25) is 5.95 Å². The van der Waals surface area contributed by atoms with Crippen molar-refractivity contribution in [2.75, 3.05) is 6.54 Å². The maximum atomic E-state index is 12.9. The molecule has 2 saturated carbocycles. The lowest BCUT2D eigenvalue weighted by Crippen LogP contribution is -2.31. The smallest absolute Gasteiger partial charge is 0.251 e. The van der Waals surface area contributed by atoms with E-state index in [1.165, 1.54) is 37.9 Å². The van der Waals surface area contributed by atoms with E-state index in [1.807, 2.05) is 0 Å². The van der Waals surface area contributed by atoms with Gasteiger partial charge in [-0.2, -0.15) is 4.39 Å². The third kappa shape index (κ3) is 2.68. The highest BCUT2D eigenvalue weighted by Crippen LogP contribution is 2.48. The van der Waals surface area contributed by atoms with Crippen molar-refractivity contribution in [2.45, 2.75) is 25.7 Å². The van der Waals surface area contributed by atoms with Gasteiger partial charge in [-0.05, 0) is 49.5 Å². The van der Waals surface area contributed by atoms with E-state index in [2.05, 4.69) is 10.3 Å². The van der Waals surface area contributed by atoms with E-state index in [1.54, 1.807) is 6.07 Å². The molecule has 1 aromatic rings. The van der Waals surface area contributed by atoms with Crippen LogP contribution in [0.4, 0.5) is 4.39 Å². The van der Waals surface area contributed by atoms with Crippen LogP contribution in [-0.2, 0) is 0 Å². The molecule has 4 heteroatoms. The molecule has 0 unspecified atom stereocenters. The molecule has 0 aliphatic heterocycles. The van der Waals surface area contributed by atoms with E-state index >= 15 is 0 Å². The molecule has 2 fully saturated rings. The van der Waals surface area contributed by atoms with Crippen molar-refractivity contribution in [3.05, 3.63) is 29.8 Å². The van der Waals surface area contributed by atoms with Gasteiger partial charge in [-0.15, -0.1) is 0 Å². The Morgan fingerprint density at radius 2 is 2.06 bits per heavy atom. The van der Waals surface area contributed by atoms with Crippen LogP contribution in [0.5, 0.6) is 0 Å². The molecule has 2 aliphatic rings. The van der Waals surface area contributed by atoms with E-state index in [0.717, 1.165) is 18.4 Å². The summed E-state index contributed by atoms with van der Waals surface area (Å²) in [6.07, 6.45) is 6.55. The SMILES string of the molecule is O=C(NCC(C1CC1)C1CC1)c1ccnc(F)c1. The average molecular weight is 248 g/mol. The summed E-state index contributed by atoms with van der Waals surface area (Å²) >= 11 is 0. The van der Waals surface area contributed by atoms with Gasteiger partial charge in [-0.1, -0.05) is 0 Å². The number of carbonyl (C=O) groups excluding carboxylic acids is 1. The highest BCUT2D eigenvalue weighted by Gasteiger charge is 2.41. The summed E-state index contributed by atoms with van der Waals surface area (Å²) in [7, 11) is 0. The average Bonchev–Trinajstić information content (AvgIpc) is 3.23. The molecular weight excluding hydrogens is 231 g/mol. The molecule has 1 aromatic heterocycles. The molecule has 1 amide bonds. The van der Waals surface area contributed by atoms with Crippen LogP contribution in [0.3, 0.4) is 0 Å². The predicted molar refractivity (Wildman–Crippen MR) is 65.5 cm³/mol. The first-order valence-corrected chi connectivity index (χ1v) is 6.64. The monoisotopic (exact) mass is 248 g/mol. The minimum atomic E-state index is -0.608. The molecule has 1 heterocycles. The summed E-state index contributed by atoms with van der Waals surface area (Å²) in [5.74, 6) is 1.46. The summed E-state index contributed by atoms with van der Waals surface area (Å²) in [5.41, 5.74) is 0.354. The number of amides is 1. The van der Waals surface area contributed by atoms with E-state index in [0.29, 0.717) is 11.5 Å². The normalized spacial score (nSPS) is 19.0. The van der Waals surface area contributed by atoms with Crippen molar-refractivity contribution in [3.63, 3.8) is 0 Å². The van der Waals surface area contributed by atoms with Crippen molar-refractivity contribution in [1.29, 1.82) is 0 Å². The maximum Gasteiger partial charge on any atom is 0.251 e. The molecule has 3 rings (SSSR count). The molecule has 0 bridgehead atoms. The molecule has 18 heavy (non-hydrogen) atoms. The number of aromatic nitrogens is 1. The number of rotatable bonds is 5. The standard InChI is InChI=1S/C14H17FN2O/c15-13-7-11(5-6-16-13)14(18)17-8-12(9-1-2-9)10-3-4-10/h5-7,9-10,12H,1-4,8H2,(H,17,18).